The Labute approximate surface area is 112 Å². The van der Waals surface area contributed by atoms with Gasteiger partial charge < -0.3 is 0 Å². The summed E-state index contributed by atoms with van der Waals surface area (Å²) in [6.45, 7) is 6.94. The van der Waals surface area contributed by atoms with E-state index in [9.17, 15) is 5.26 Å². The molecule has 2 saturated carbocycles. The highest BCUT2D eigenvalue weighted by Crippen LogP contribution is 2.35. The van der Waals surface area contributed by atoms with Gasteiger partial charge in [-0.3, -0.25) is 4.90 Å². The SMILES string of the molecule is CCC1CCC(C#N)C(N(CC)CC2CCC2)C1. The minimum atomic E-state index is 0.285. The van der Waals surface area contributed by atoms with Crippen LogP contribution in [0.5, 0.6) is 0 Å². The van der Waals surface area contributed by atoms with Gasteiger partial charge in [-0.1, -0.05) is 26.7 Å². The molecule has 0 bridgehead atoms. The van der Waals surface area contributed by atoms with Crippen molar-refractivity contribution in [3.63, 3.8) is 0 Å². The van der Waals surface area contributed by atoms with E-state index in [4.69, 9.17) is 0 Å². The molecule has 0 spiro atoms. The fraction of sp³-hybridized carbons (Fsp3) is 0.938. The normalized spacial score (nSPS) is 33.1. The Morgan fingerprint density at radius 2 is 1.89 bits per heavy atom. The molecule has 2 fully saturated rings. The summed E-state index contributed by atoms with van der Waals surface area (Å²) < 4.78 is 0. The molecule has 2 heteroatoms. The summed E-state index contributed by atoms with van der Waals surface area (Å²) in [4.78, 5) is 2.62. The molecule has 18 heavy (non-hydrogen) atoms. The van der Waals surface area contributed by atoms with Crippen LogP contribution in [0, 0.1) is 29.1 Å². The lowest BCUT2D eigenvalue weighted by Gasteiger charge is -2.42. The quantitative estimate of drug-likeness (QED) is 0.739. The van der Waals surface area contributed by atoms with Crippen LogP contribution < -0.4 is 0 Å². The largest absolute Gasteiger partial charge is 0.299 e. The zero-order valence-electron chi connectivity index (χ0n) is 12.1. The van der Waals surface area contributed by atoms with Gasteiger partial charge in [0.05, 0.1) is 12.0 Å². The van der Waals surface area contributed by atoms with Gasteiger partial charge >= 0.3 is 0 Å². The van der Waals surface area contributed by atoms with E-state index in [0.29, 0.717) is 6.04 Å². The summed E-state index contributed by atoms with van der Waals surface area (Å²) >= 11 is 0. The van der Waals surface area contributed by atoms with Crippen molar-refractivity contribution >= 4 is 0 Å². The van der Waals surface area contributed by atoms with Crippen molar-refractivity contribution in [2.24, 2.45) is 17.8 Å². The zero-order valence-corrected chi connectivity index (χ0v) is 12.1. The lowest BCUT2D eigenvalue weighted by Crippen LogP contribution is -2.46. The second kappa shape index (κ2) is 6.57. The molecule has 0 aromatic carbocycles. The van der Waals surface area contributed by atoms with E-state index in [2.05, 4.69) is 24.8 Å². The summed E-state index contributed by atoms with van der Waals surface area (Å²) in [6.07, 6.45) is 9.19. The van der Waals surface area contributed by atoms with E-state index in [-0.39, 0.29) is 5.92 Å². The fourth-order valence-electron chi connectivity index (χ4n) is 3.66. The van der Waals surface area contributed by atoms with E-state index in [0.717, 1.165) is 24.8 Å². The molecule has 0 heterocycles. The number of hydrogen-bond acceptors (Lipinski definition) is 2. The molecule has 102 valence electrons. The lowest BCUT2D eigenvalue weighted by atomic mass is 9.76. The third-order valence-electron chi connectivity index (χ3n) is 5.26. The topological polar surface area (TPSA) is 27.0 Å². The molecule has 3 unspecified atom stereocenters. The van der Waals surface area contributed by atoms with Crippen LogP contribution in [0.15, 0.2) is 0 Å². The Morgan fingerprint density at radius 1 is 1.11 bits per heavy atom. The van der Waals surface area contributed by atoms with Gasteiger partial charge in [-0.05, 0) is 50.5 Å². The van der Waals surface area contributed by atoms with Crippen molar-refractivity contribution in [1.29, 1.82) is 5.26 Å². The van der Waals surface area contributed by atoms with Crippen LogP contribution in [0.25, 0.3) is 0 Å². The number of hydrogen-bond donors (Lipinski definition) is 0. The van der Waals surface area contributed by atoms with Gasteiger partial charge in [-0.15, -0.1) is 0 Å². The first-order valence-electron chi connectivity index (χ1n) is 7.92. The molecule has 0 aromatic rings. The van der Waals surface area contributed by atoms with Gasteiger partial charge in [-0.2, -0.15) is 5.26 Å². The third kappa shape index (κ3) is 3.06. The first-order valence-corrected chi connectivity index (χ1v) is 7.92. The average Bonchev–Trinajstić information content (AvgIpc) is 2.37. The highest BCUT2D eigenvalue weighted by Gasteiger charge is 2.34. The Hall–Kier alpha value is -0.550. The fourth-order valence-corrected chi connectivity index (χ4v) is 3.66. The molecule has 0 saturated heterocycles. The zero-order chi connectivity index (χ0) is 13.0. The van der Waals surface area contributed by atoms with Crippen molar-refractivity contribution in [1.82, 2.24) is 4.90 Å². The highest BCUT2D eigenvalue weighted by molar-refractivity contribution is 4.98. The predicted octanol–water partition coefficient (Wildman–Crippen LogP) is 3.83. The summed E-state index contributed by atoms with van der Waals surface area (Å²) in [5.74, 6) is 2.06. The van der Waals surface area contributed by atoms with Gasteiger partial charge in [0.1, 0.15) is 0 Å². The van der Waals surface area contributed by atoms with Gasteiger partial charge in [-0.25, -0.2) is 0 Å². The molecular weight excluding hydrogens is 220 g/mol. The number of nitriles is 1. The molecular formula is C16H28N2. The summed E-state index contributed by atoms with van der Waals surface area (Å²) in [6, 6.07) is 3.12. The third-order valence-corrected chi connectivity index (χ3v) is 5.26. The lowest BCUT2D eigenvalue weighted by molar-refractivity contribution is 0.0736. The molecule has 2 aliphatic rings. The maximum atomic E-state index is 9.39. The van der Waals surface area contributed by atoms with Crippen LogP contribution in [0.1, 0.15) is 58.8 Å². The van der Waals surface area contributed by atoms with Crippen molar-refractivity contribution < 1.29 is 0 Å². The predicted molar refractivity (Wildman–Crippen MR) is 75.1 cm³/mol. The molecule has 0 aliphatic heterocycles. The van der Waals surface area contributed by atoms with Gasteiger partial charge in [0, 0.05) is 12.6 Å². The van der Waals surface area contributed by atoms with Crippen LogP contribution in [0.4, 0.5) is 0 Å². The van der Waals surface area contributed by atoms with Crippen molar-refractivity contribution in [3.05, 3.63) is 0 Å². The standard InChI is InChI=1S/C16H28N2/c1-3-13-8-9-15(11-17)16(10-13)18(4-2)12-14-6-5-7-14/h13-16H,3-10,12H2,1-2H3. The average molecular weight is 248 g/mol. The van der Waals surface area contributed by atoms with Crippen LogP contribution in [0.3, 0.4) is 0 Å². The minimum absolute atomic E-state index is 0.285. The molecule has 0 aromatic heterocycles. The second-order valence-corrected chi connectivity index (χ2v) is 6.27. The Morgan fingerprint density at radius 3 is 2.39 bits per heavy atom. The van der Waals surface area contributed by atoms with Crippen molar-refractivity contribution in [3.8, 4) is 6.07 Å². The van der Waals surface area contributed by atoms with E-state index >= 15 is 0 Å². The highest BCUT2D eigenvalue weighted by atomic mass is 15.2. The second-order valence-electron chi connectivity index (χ2n) is 6.27. The van der Waals surface area contributed by atoms with Crippen LogP contribution in [0.2, 0.25) is 0 Å². The van der Waals surface area contributed by atoms with E-state index in [1.165, 1.54) is 45.1 Å². The molecule has 0 radical (unpaired) electrons. The van der Waals surface area contributed by atoms with Crippen LogP contribution in [-0.4, -0.2) is 24.0 Å². The Balaban J connectivity index is 1.97. The summed E-state index contributed by atoms with van der Waals surface area (Å²) in [7, 11) is 0. The number of rotatable bonds is 5. The van der Waals surface area contributed by atoms with Crippen LogP contribution in [-0.2, 0) is 0 Å². The monoisotopic (exact) mass is 248 g/mol. The molecule has 3 atom stereocenters. The summed E-state index contributed by atoms with van der Waals surface area (Å²) in [5, 5.41) is 9.39. The summed E-state index contributed by atoms with van der Waals surface area (Å²) in [5.41, 5.74) is 0. The maximum Gasteiger partial charge on any atom is 0.0672 e. The molecule has 2 aliphatic carbocycles. The van der Waals surface area contributed by atoms with Gasteiger partial charge in [0.2, 0.25) is 0 Å². The van der Waals surface area contributed by atoms with Crippen LogP contribution >= 0.6 is 0 Å². The van der Waals surface area contributed by atoms with Gasteiger partial charge in [0.15, 0.2) is 0 Å². The van der Waals surface area contributed by atoms with Gasteiger partial charge in [0.25, 0.3) is 0 Å². The molecule has 2 nitrogen and oxygen atoms in total. The molecule has 0 amide bonds. The minimum Gasteiger partial charge on any atom is -0.299 e. The van der Waals surface area contributed by atoms with Crippen molar-refractivity contribution in [2.45, 2.75) is 64.8 Å². The Kier molecular flexibility index (Phi) is 5.06. The smallest absolute Gasteiger partial charge is 0.0672 e. The van der Waals surface area contributed by atoms with E-state index < -0.39 is 0 Å². The first kappa shape index (κ1) is 13.9. The van der Waals surface area contributed by atoms with Crippen molar-refractivity contribution in [2.75, 3.05) is 13.1 Å². The van der Waals surface area contributed by atoms with E-state index in [1.807, 2.05) is 0 Å². The van der Waals surface area contributed by atoms with E-state index in [1.54, 1.807) is 0 Å². The molecule has 0 N–H and O–H groups in total. The first-order chi connectivity index (χ1) is 8.78. The number of nitrogens with zero attached hydrogens (tertiary/aromatic N) is 2. The Bertz CT molecular complexity index is 290. The molecule has 2 rings (SSSR count). The maximum absolute atomic E-state index is 9.39.